The number of pyridine rings is 2. The number of carbonyl (C=O) groups is 2. The molecule has 0 radical (unpaired) electrons. The first-order valence-electron chi connectivity index (χ1n) is 10.2. The van der Waals surface area contributed by atoms with Crippen molar-refractivity contribution in [3.05, 3.63) is 60.2 Å². The lowest BCUT2D eigenvalue weighted by atomic mass is 9.83. The largest absolute Gasteiger partial charge is 0.361 e. The molecular weight excluding hydrogens is 368 g/mol. The third kappa shape index (κ3) is 3.29. The van der Waals surface area contributed by atoms with Crippen LogP contribution >= 0.6 is 0 Å². The average molecular weight is 392 g/mol. The Hall–Kier alpha value is -2.80. The topological polar surface area (TPSA) is 75.6 Å². The Morgan fingerprint density at radius 2 is 2.00 bits per heavy atom. The maximum absolute atomic E-state index is 13.7. The lowest BCUT2D eigenvalue weighted by molar-refractivity contribution is -0.173. The number of likely N-dealkylation sites (tertiary alicyclic amines) is 1. The Balaban J connectivity index is 1.47. The van der Waals surface area contributed by atoms with E-state index in [1.807, 2.05) is 34.1 Å². The minimum Gasteiger partial charge on any atom is -0.361 e. The summed E-state index contributed by atoms with van der Waals surface area (Å²) in [5.41, 5.74) is 0.934. The van der Waals surface area contributed by atoms with Gasteiger partial charge in [-0.15, -0.1) is 0 Å². The Morgan fingerprint density at radius 3 is 2.72 bits per heavy atom. The van der Waals surface area contributed by atoms with Crippen LogP contribution in [0.3, 0.4) is 0 Å². The van der Waals surface area contributed by atoms with Crippen molar-refractivity contribution in [2.75, 3.05) is 26.2 Å². The van der Waals surface area contributed by atoms with Crippen molar-refractivity contribution < 1.29 is 14.3 Å². The third-order valence-corrected chi connectivity index (χ3v) is 6.21. The van der Waals surface area contributed by atoms with Gasteiger partial charge in [0.15, 0.2) is 5.60 Å². The molecule has 7 nitrogen and oxygen atoms in total. The number of morpholine rings is 1. The summed E-state index contributed by atoms with van der Waals surface area (Å²) in [6.45, 7) is 2.32. The Kier molecular flexibility index (Phi) is 4.54. The van der Waals surface area contributed by atoms with Gasteiger partial charge in [-0.1, -0.05) is 6.07 Å². The Labute approximate surface area is 169 Å². The molecule has 2 aromatic rings. The van der Waals surface area contributed by atoms with Crippen LogP contribution in [0.5, 0.6) is 0 Å². The normalized spacial score (nSPS) is 26.9. The molecule has 4 heterocycles. The smallest absolute Gasteiger partial charge is 0.257 e. The molecule has 7 heteroatoms. The number of hydrogen-bond donors (Lipinski definition) is 0. The van der Waals surface area contributed by atoms with Gasteiger partial charge in [0.05, 0.1) is 13.2 Å². The van der Waals surface area contributed by atoms with Crippen LogP contribution in [0.2, 0.25) is 0 Å². The molecule has 1 aliphatic carbocycles. The van der Waals surface area contributed by atoms with Crippen molar-refractivity contribution in [2.24, 2.45) is 5.92 Å². The summed E-state index contributed by atoms with van der Waals surface area (Å²) in [4.78, 5) is 38.5. The van der Waals surface area contributed by atoms with Crippen LogP contribution in [0, 0.1) is 5.92 Å². The first-order valence-corrected chi connectivity index (χ1v) is 10.2. The molecule has 5 rings (SSSR count). The summed E-state index contributed by atoms with van der Waals surface area (Å²) < 4.78 is 6.23. The van der Waals surface area contributed by atoms with E-state index in [0.717, 1.165) is 24.0 Å². The highest BCUT2D eigenvalue weighted by Crippen LogP contribution is 2.44. The molecule has 2 amide bonds. The standard InChI is InChI=1S/C22H24N4O3/c27-20(17-3-4-17)26-14-19(18-2-1-7-24-12-18)22(15-26)21(28)25(10-11-29-22)13-16-5-8-23-9-6-16/h1-2,5-9,12,17,19H,3-4,10-11,13-15H2/t19-,22-/m1/s1. The summed E-state index contributed by atoms with van der Waals surface area (Å²) in [6, 6.07) is 7.69. The second kappa shape index (κ2) is 7.22. The fourth-order valence-corrected chi connectivity index (χ4v) is 4.53. The quantitative estimate of drug-likeness (QED) is 0.790. The van der Waals surface area contributed by atoms with Crippen LogP contribution in [-0.4, -0.2) is 63.4 Å². The number of amides is 2. The second-order valence-electron chi connectivity index (χ2n) is 8.15. The highest BCUT2D eigenvalue weighted by molar-refractivity contribution is 5.90. The van der Waals surface area contributed by atoms with Crippen LogP contribution in [0.1, 0.15) is 29.9 Å². The molecular formula is C22H24N4O3. The second-order valence-corrected chi connectivity index (χ2v) is 8.15. The zero-order chi connectivity index (χ0) is 19.8. The lowest BCUT2D eigenvalue weighted by Gasteiger charge is -2.42. The van der Waals surface area contributed by atoms with Crippen LogP contribution < -0.4 is 0 Å². The predicted octanol–water partition coefficient (Wildman–Crippen LogP) is 1.61. The molecule has 2 aliphatic heterocycles. The average Bonchev–Trinajstić information content (AvgIpc) is 3.54. The van der Waals surface area contributed by atoms with Gasteiger partial charge in [-0.3, -0.25) is 19.6 Å². The van der Waals surface area contributed by atoms with E-state index in [1.54, 1.807) is 24.8 Å². The molecule has 3 aliphatic rings. The van der Waals surface area contributed by atoms with Crippen LogP contribution in [-0.2, 0) is 20.9 Å². The molecule has 3 fully saturated rings. The molecule has 150 valence electrons. The molecule has 2 aromatic heterocycles. The van der Waals surface area contributed by atoms with Crippen LogP contribution in [0.25, 0.3) is 0 Å². The van der Waals surface area contributed by atoms with Crippen molar-refractivity contribution in [3.8, 4) is 0 Å². The maximum Gasteiger partial charge on any atom is 0.257 e. The van der Waals surface area contributed by atoms with E-state index in [4.69, 9.17) is 4.74 Å². The van der Waals surface area contributed by atoms with E-state index < -0.39 is 5.60 Å². The monoisotopic (exact) mass is 392 g/mol. The number of nitrogens with zero attached hydrogens (tertiary/aromatic N) is 4. The zero-order valence-electron chi connectivity index (χ0n) is 16.2. The number of rotatable bonds is 4. The maximum atomic E-state index is 13.7. The van der Waals surface area contributed by atoms with Gasteiger partial charge >= 0.3 is 0 Å². The third-order valence-electron chi connectivity index (χ3n) is 6.21. The molecule has 0 N–H and O–H groups in total. The summed E-state index contributed by atoms with van der Waals surface area (Å²) in [7, 11) is 0. The number of hydrogen-bond acceptors (Lipinski definition) is 5. The molecule has 2 saturated heterocycles. The molecule has 29 heavy (non-hydrogen) atoms. The van der Waals surface area contributed by atoms with Gasteiger partial charge < -0.3 is 14.5 Å². The van der Waals surface area contributed by atoms with Gasteiger partial charge in [0, 0.05) is 56.3 Å². The predicted molar refractivity (Wildman–Crippen MR) is 105 cm³/mol. The van der Waals surface area contributed by atoms with Crippen molar-refractivity contribution >= 4 is 11.8 Å². The Morgan fingerprint density at radius 1 is 1.17 bits per heavy atom. The summed E-state index contributed by atoms with van der Waals surface area (Å²) in [6.07, 6.45) is 8.87. The summed E-state index contributed by atoms with van der Waals surface area (Å²) in [5.74, 6) is 0.0110. The van der Waals surface area contributed by atoms with E-state index >= 15 is 0 Å². The fraction of sp³-hybridized carbons (Fsp3) is 0.455. The molecule has 0 aromatic carbocycles. The van der Waals surface area contributed by atoms with Gasteiger partial charge in [-0.2, -0.15) is 0 Å². The number of carbonyl (C=O) groups excluding carboxylic acids is 2. The van der Waals surface area contributed by atoms with E-state index in [9.17, 15) is 9.59 Å². The lowest BCUT2D eigenvalue weighted by Crippen LogP contribution is -2.60. The van der Waals surface area contributed by atoms with E-state index in [2.05, 4.69) is 9.97 Å². The van der Waals surface area contributed by atoms with Gasteiger partial charge in [0.1, 0.15) is 0 Å². The van der Waals surface area contributed by atoms with Crippen molar-refractivity contribution in [1.82, 2.24) is 19.8 Å². The van der Waals surface area contributed by atoms with Crippen LogP contribution in [0.4, 0.5) is 0 Å². The SMILES string of the molecule is O=C(C1CC1)N1C[C@H](c2cccnc2)[C@@]2(C1)OCCN(Cc1ccncc1)C2=O. The van der Waals surface area contributed by atoms with Crippen molar-refractivity contribution in [3.63, 3.8) is 0 Å². The minimum atomic E-state index is -1.04. The van der Waals surface area contributed by atoms with E-state index in [1.165, 1.54) is 0 Å². The van der Waals surface area contributed by atoms with Crippen LogP contribution in [0.15, 0.2) is 49.1 Å². The molecule has 0 unspecified atom stereocenters. The number of aromatic nitrogens is 2. The van der Waals surface area contributed by atoms with Gasteiger partial charge in [0.2, 0.25) is 5.91 Å². The van der Waals surface area contributed by atoms with Gasteiger partial charge in [0.25, 0.3) is 5.91 Å². The molecule has 1 spiro atoms. The first kappa shape index (κ1) is 18.2. The fourth-order valence-electron chi connectivity index (χ4n) is 4.53. The highest BCUT2D eigenvalue weighted by Gasteiger charge is 2.58. The van der Waals surface area contributed by atoms with E-state index in [-0.39, 0.29) is 23.7 Å². The summed E-state index contributed by atoms with van der Waals surface area (Å²) in [5, 5.41) is 0. The van der Waals surface area contributed by atoms with Gasteiger partial charge in [-0.05, 0) is 42.2 Å². The van der Waals surface area contributed by atoms with Crippen molar-refractivity contribution in [1.29, 1.82) is 0 Å². The minimum absolute atomic E-state index is 0.0412. The molecule has 0 bridgehead atoms. The van der Waals surface area contributed by atoms with Gasteiger partial charge in [-0.25, -0.2) is 0 Å². The highest BCUT2D eigenvalue weighted by atomic mass is 16.5. The number of ether oxygens (including phenoxy) is 1. The molecule has 1 saturated carbocycles. The van der Waals surface area contributed by atoms with Crippen molar-refractivity contribution in [2.45, 2.75) is 30.9 Å². The Bertz CT molecular complexity index is 903. The van der Waals surface area contributed by atoms with E-state index in [0.29, 0.717) is 32.8 Å². The first-order chi connectivity index (χ1) is 14.2. The zero-order valence-corrected chi connectivity index (χ0v) is 16.2. The summed E-state index contributed by atoms with van der Waals surface area (Å²) >= 11 is 0. The molecule has 2 atom stereocenters.